The highest BCUT2D eigenvalue weighted by Crippen LogP contribution is 2.33. The van der Waals surface area contributed by atoms with E-state index in [9.17, 15) is 26.4 Å². The number of hydrogen-bond acceptors (Lipinski definition) is 7. The fraction of sp³-hybridized carbons (Fsp3) is 0.409. The molecule has 1 atom stereocenters. The van der Waals surface area contributed by atoms with E-state index in [4.69, 9.17) is 14.2 Å². The maximum atomic E-state index is 12.9. The fourth-order valence-corrected chi connectivity index (χ4v) is 4.17. The van der Waals surface area contributed by atoms with E-state index in [1.807, 2.05) is 13.8 Å². The topological polar surface area (TPSA) is 100 Å². The van der Waals surface area contributed by atoms with E-state index in [1.54, 1.807) is 19.1 Å². The first-order chi connectivity index (χ1) is 15.8. The minimum Gasteiger partial charge on any atom is -0.493 e. The zero-order chi connectivity index (χ0) is 25.5. The van der Waals surface area contributed by atoms with Crippen LogP contribution in [0, 0.1) is 0 Å². The van der Waals surface area contributed by atoms with E-state index in [0.717, 1.165) is 24.3 Å². The lowest BCUT2D eigenvalue weighted by Gasteiger charge is -2.21. The molecular formula is C22H26F3NO7S. The third kappa shape index (κ3) is 8.10. The van der Waals surface area contributed by atoms with E-state index < -0.39 is 34.1 Å². The average Bonchev–Trinajstić information content (AvgIpc) is 2.72. The van der Waals surface area contributed by atoms with Crippen molar-refractivity contribution >= 4 is 16.0 Å². The van der Waals surface area contributed by atoms with Crippen LogP contribution in [-0.4, -0.2) is 40.6 Å². The second-order valence-electron chi connectivity index (χ2n) is 7.28. The minimum atomic E-state index is -4.91. The Morgan fingerprint density at radius 2 is 1.71 bits per heavy atom. The molecule has 2 aromatic carbocycles. The van der Waals surface area contributed by atoms with Crippen molar-refractivity contribution in [2.24, 2.45) is 0 Å². The number of esters is 1. The zero-order valence-electron chi connectivity index (χ0n) is 19.0. The molecule has 2 rings (SSSR count). The van der Waals surface area contributed by atoms with Gasteiger partial charge < -0.3 is 18.9 Å². The van der Waals surface area contributed by atoms with Crippen molar-refractivity contribution in [1.82, 2.24) is 4.72 Å². The first kappa shape index (κ1) is 27.3. The predicted octanol–water partition coefficient (Wildman–Crippen LogP) is 4.35. The highest BCUT2D eigenvalue weighted by atomic mass is 32.2. The van der Waals surface area contributed by atoms with Gasteiger partial charge in [-0.1, -0.05) is 6.07 Å². The molecule has 0 bridgehead atoms. The van der Waals surface area contributed by atoms with Crippen LogP contribution in [0.5, 0.6) is 17.2 Å². The second-order valence-corrected chi connectivity index (χ2v) is 8.99. The lowest BCUT2D eigenvalue weighted by Crippen LogP contribution is -2.31. The quantitative estimate of drug-likeness (QED) is 0.453. The van der Waals surface area contributed by atoms with Gasteiger partial charge in [0.2, 0.25) is 10.0 Å². The van der Waals surface area contributed by atoms with Crippen molar-refractivity contribution in [3.63, 3.8) is 0 Å². The maximum Gasteiger partial charge on any atom is 0.573 e. The van der Waals surface area contributed by atoms with Crippen LogP contribution in [0.15, 0.2) is 47.4 Å². The van der Waals surface area contributed by atoms with E-state index in [1.165, 1.54) is 13.2 Å². The van der Waals surface area contributed by atoms with Crippen molar-refractivity contribution in [3.05, 3.63) is 48.0 Å². The van der Waals surface area contributed by atoms with Crippen molar-refractivity contribution in [2.45, 2.75) is 50.6 Å². The Hall–Kier alpha value is -2.99. The average molecular weight is 506 g/mol. The number of alkyl halides is 3. The number of benzene rings is 2. The third-order valence-electron chi connectivity index (χ3n) is 4.29. The van der Waals surface area contributed by atoms with Gasteiger partial charge in [-0.25, -0.2) is 13.1 Å². The van der Waals surface area contributed by atoms with Crippen molar-refractivity contribution in [3.8, 4) is 17.2 Å². The van der Waals surface area contributed by atoms with Gasteiger partial charge in [-0.3, -0.25) is 4.79 Å². The summed E-state index contributed by atoms with van der Waals surface area (Å²) in [5.74, 6) is -0.460. The van der Waals surface area contributed by atoms with Crippen LogP contribution in [0.3, 0.4) is 0 Å². The molecule has 2 aromatic rings. The molecular weight excluding hydrogens is 479 g/mol. The molecule has 0 radical (unpaired) electrons. The van der Waals surface area contributed by atoms with Gasteiger partial charge in [-0.15, -0.1) is 13.2 Å². The molecule has 0 amide bonds. The lowest BCUT2D eigenvalue weighted by molar-refractivity contribution is -0.274. The largest absolute Gasteiger partial charge is 0.573 e. The lowest BCUT2D eigenvalue weighted by atomic mass is 10.0. The fourth-order valence-electron chi connectivity index (χ4n) is 2.94. The Bertz CT molecular complexity index is 1070. The summed E-state index contributed by atoms with van der Waals surface area (Å²) in [5.41, 5.74) is 0.390. The summed E-state index contributed by atoms with van der Waals surface area (Å²) < 4.78 is 85.1. The zero-order valence-corrected chi connectivity index (χ0v) is 19.8. The molecule has 188 valence electrons. The molecule has 0 spiro atoms. The smallest absolute Gasteiger partial charge is 0.493 e. The third-order valence-corrected chi connectivity index (χ3v) is 5.78. The second kappa shape index (κ2) is 11.4. The van der Waals surface area contributed by atoms with Gasteiger partial charge in [0.1, 0.15) is 5.75 Å². The van der Waals surface area contributed by atoms with Crippen LogP contribution in [0.1, 0.15) is 38.8 Å². The molecule has 0 saturated carbocycles. The van der Waals surface area contributed by atoms with Crippen LogP contribution in [-0.2, 0) is 19.6 Å². The van der Waals surface area contributed by atoms with Gasteiger partial charge in [-0.05, 0) is 62.7 Å². The minimum absolute atomic E-state index is 0.101. The molecule has 34 heavy (non-hydrogen) atoms. The molecule has 8 nitrogen and oxygen atoms in total. The summed E-state index contributed by atoms with van der Waals surface area (Å²) in [6, 6.07) is 7.32. The van der Waals surface area contributed by atoms with Crippen LogP contribution < -0.4 is 18.9 Å². The number of ether oxygens (including phenoxy) is 4. The summed E-state index contributed by atoms with van der Waals surface area (Å²) in [6.07, 6.45) is -5.39. The van der Waals surface area contributed by atoms with Gasteiger partial charge in [-0.2, -0.15) is 0 Å². The van der Waals surface area contributed by atoms with Crippen LogP contribution in [0.2, 0.25) is 0 Å². The van der Waals surface area contributed by atoms with E-state index >= 15 is 0 Å². The number of halogens is 3. The van der Waals surface area contributed by atoms with Gasteiger partial charge in [0.05, 0.1) is 37.2 Å². The molecule has 0 heterocycles. The summed E-state index contributed by atoms with van der Waals surface area (Å²) in [5, 5.41) is 0. The highest BCUT2D eigenvalue weighted by molar-refractivity contribution is 7.89. The Morgan fingerprint density at radius 3 is 2.24 bits per heavy atom. The number of carbonyl (C=O) groups excluding carboxylic acids is 1. The standard InChI is InChI=1S/C22H26F3NO7S/c1-5-31-21(27)13-18(15-6-11-19(32-14(2)3)20(12-15)30-4)26-34(28,29)17-9-7-16(8-10-17)33-22(23,24)25/h6-12,14,18,26H,5,13H2,1-4H3. The Labute approximate surface area is 196 Å². The number of rotatable bonds is 11. The van der Waals surface area contributed by atoms with Gasteiger partial charge >= 0.3 is 12.3 Å². The number of carbonyl (C=O) groups is 1. The summed E-state index contributed by atoms with van der Waals surface area (Å²) in [6.45, 7) is 5.37. The molecule has 12 heteroatoms. The molecule has 0 saturated heterocycles. The van der Waals surface area contributed by atoms with Crippen LogP contribution >= 0.6 is 0 Å². The SMILES string of the molecule is CCOC(=O)CC(NS(=O)(=O)c1ccc(OC(F)(F)F)cc1)c1ccc(OC(C)C)c(OC)c1. The highest BCUT2D eigenvalue weighted by Gasteiger charge is 2.31. The molecule has 0 aliphatic carbocycles. The number of hydrogen-bond donors (Lipinski definition) is 1. The van der Waals surface area contributed by atoms with Crippen LogP contribution in [0.4, 0.5) is 13.2 Å². The summed E-state index contributed by atoms with van der Waals surface area (Å²) in [7, 11) is -2.83. The molecule has 0 aliphatic rings. The van der Waals surface area contributed by atoms with Crippen molar-refractivity contribution in [2.75, 3.05) is 13.7 Å². The number of sulfonamides is 1. The van der Waals surface area contributed by atoms with E-state index in [2.05, 4.69) is 9.46 Å². The molecule has 0 fully saturated rings. The maximum absolute atomic E-state index is 12.9. The molecule has 1 N–H and O–H groups in total. The van der Waals surface area contributed by atoms with Crippen molar-refractivity contribution < 1.29 is 45.3 Å². The Balaban J connectivity index is 2.36. The first-order valence-electron chi connectivity index (χ1n) is 10.2. The van der Waals surface area contributed by atoms with E-state index in [0.29, 0.717) is 17.1 Å². The number of nitrogens with one attached hydrogen (secondary N) is 1. The molecule has 0 aliphatic heterocycles. The number of methoxy groups -OCH3 is 1. The predicted molar refractivity (Wildman–Crippen MR) is 116 cm³/mol. The summed E-state index contributed by atoms with van der Waals surface area (Å²) >= 11 is 0. The Kier molecular flexibility index (Phi) is 9.16. The van der Waals surface area contributed by atoms with E-state index in [-0.39, 0.29) is 24.0 Å². The first-order valence-corrected chi connectivity index (χ1v) is 11.7. The molecule has 0 aromatic heterocycles. The van der Waals surface area contributed by atoms with Gasteiger partial charge in [0.25, 0.3) is 0 Å². The Morgan fingerprint density at radius 1 is 1.06 bits per heavy atom. The van der Waals surface area contributed by atoms with Gasteiger partial charge in [0.15, 0.2) is 11.5 Å². The van der Waals surface area contributed by atoms with Crippen molar-refractivity contribution in [1.29, 1.82) is 0 Å². The normalized spacial score (nSPS) is 12.8. The van der Waals surface area contributed by atoms with Crippen LogP contribution in [0.25, 0.3) is 0 Å². The summed E-state index contributed by atoms with van der Waals surface area (Å²) in [4.78, 5) is 11.8. The monoisotopic (exact) mass is 505 g/mol. The molecule has 1 unspecified atom stereocenters. The van der Waals surface area contributed by atoms with Gasteiger partial charge in [0, 0.05) is 0 Å².